The largest absolute Gasteiger partial charge is 0.478 e. The van der Waals surface area contributed by atoms with E-state index in [-0.39, 0.29) is 17.0 Å². The highest BCUT2D eigenvalue weighted by Crippen LogP contribution is 2.17. The van der Waals surface area contributed by atoms with E-state index < -0.39 is 11.9 Å². The number of carbonyl (C=O) groups is 2. The highest BCUT2D eigenvalue weighted by Gasteiger charge is 2.16. The zero-order chi connectivity index (χ0) is 14.5. The second-order valence-corrected chi connectivity index (χ2v) is 4.75. The van der Waals surface area contributed by atoms with E-state index in [0.29, 0.717) is 11.5 Å². The summed E-state index contributed by atoms with van der Waals surface area (Å²) in [5.41, 5.74) is 0.108. The topological polar surface area (TPSA) is 92.4 Å². The van der Waals surface area contributed by atoms with Gasteiger partial charge in [0.05, 0.1) is 23.2 Å². The van der Waals surface area contributed by atoms with Gasteiger partial charge in [-0.1, -0.05) is 0 Å². The average Bonchev–Trinajstić information content (AvgIpc) is 2.88. The third-order valence-electron chi connectivity index (χ3n) is 2.47. The van der Waals surface area contributed by atoms with Crippen LogP contribution in [0.3, 0.4) is 0 Å². The summed E-state index contributed by atoms with van der Waals surface area (Å²) in [6.07, 6.45) is 4.56. The maximum Gasteiger partial charge on any atom is 0.337 e. The van der Waals surface area contributed by atoms with Gasteiger partial charge in [-0.15, -0.1) is 0 Å². The number of furan rings is 1. The van der Waals surface area contributed by atoms with Gasteiger partial charge in [0.2, 0.25) is 0 Å². The monoisotopic (exact) mass is 292 g/mol. The second-order valence-electron chi connectivity index (χ2n) is 3.88. The zero-order valence-electron chi connectivity index (χ0n) is 10.6. The molecule has 0 aliphatic rings. The molecular weight excluding hydrogens is 280 g/mol. The second kappa shape index (κ2) is 6.25. The lowest BCUT2D eigenvalue weighted by Gasteiger charge is -2.05. The van der Waals surface area contributed by atoms with Crippen LogP contribution in [0.25, 0.3) is 0 Å². The van der Waals surface area contributed by atoms with Crippen LogP contribution in [0, 0.1) is 0 Å². The SMILES string of the molecule is CSCc1ccc(C(=O)Nc2cnccc2C(=O)O)o1. The van der Waals surface area contributed by atoms with E-state index in [4.69, 9.17) is 9.52 Å². The number of nitrogens with zero attached hydrogens (tertiary/aromatic N) is 1. The molecule has 0 spiro atoms. The molecule has 7 heteroatoms. The first-order chi connectivity index (χ1) is 9.61. The maximum absolute atomic E-state index is 12.0. The highest BCUT2D eigenvalue weighted by molar-refractivity contribution is 7.97. The zero-order valence-corrected chi connectivity index (χ0v) is 11.4. The number of anilines is 1. The number of pyridine rings is 1. The molecular formula is C13H12N2O4S. The number of hydrogen-bond acceptors (Lipinski definition) is 5. The summed E-state index contributed by atoms with van der Waals surface area (Å²) in [4.78, 5) is 26.8. The Morgan fingerprint density at radius 2 is 2.20 bits per heavy atom. The van der Waals surface area contributed by atoms with Crippen LogP contribution in [-0.2, 0) is 5.75 Å². The lowest BCUT2D eigenvalue weighted by Crippen LogP contribution is -2.14. The van der Waals surface area contributed by atoms with Crippen LogP contribution in [0.1, 0.15) is 26.7 Å². The minimum Gasteiger partial charge on any atom is -0.478 e. The Labute approximate surface area is 119 Å². The molecule has 104 valence electrons. The summed E-state index contributed by atoms with van der Waals surface area (Å²) in [6, 6.07) is 4.59. The van der Waals surface area contributed by atoms with Crippen molar-refractivity contribution in [1.29, 1.82) is 0 Å². The van der Waals surface area contributed by atoms with Gasteiger partial charge in [-0.2, -0.15) is 11.8 Å². The van der Waals surface area contributed by atoms with E-state index >= 15 is 0 Å². The van der Waals surface area contributed by atoms with Gasteiger partial charge in [0, 0.05) is 6.20 Å². The Kier molecular flexibility index (Phi) is 4.41. The maximum atomic E-state index is 12.0. The van der Waals surface area contributed by atoms with Crippen molar-refractivity contribution in [1.82, 2.24) is 4.98 Å². The number of aromatic carboxylic acids is 1. The van der Waals surface area contributed by atoms with Crippen LogP contribution in [-0.4, -0.2) is 28.2 Å². The number of carbonyl (C=O) groups excluding carboxylic acids is 1. The van der Waals surface area contributed by atoms with Crippen LogP contribution in [0.4, 0.5) is 5.69 Å². The number of rotatable bonds is 5. The van der Waals surface area contributed by atoms with Crippen molar-refractivity contribution in [2.45, 2.75) is 5.75 Å². The molecule has 0 aliphatic heterocycles. The van der Waals surface area contributed by atoms with Gasteiger partial charge in [-0.3, -0.25) is 9.78 Å². The van der Waals surface area contributed by atoms with Crippen molar-refractivity contribution in [3.63, 3.8) is 0 Å². The normalized spacial score (nSPS) is 10.2. The van der Waals surface area contributed by atoms with Gasteiger partial charge in [-0.05, 0) is 24.5 Å². The van der Waals surface area contributed by atoms with Crippen LogP contribution in [0.5, 0.6) is 0 Å². The number of nitrogens with one attached hydrogen (secondary N) is 1. The fourth-order valence-electron chi connectivity index (χ4n) is 1.58. The van der Waals surface area contributed by atoms with Crippen LogP contribution < -0.4 is 5.32 Å². The molecule has 2 N–H and O–H groups in total. The fraction of sp³-hybridized carbons (Fsp3) is 0.154. The molecule has 0 saturated heterocycles. The van der Waals surface area contributed by atoms with Gasteiger partial charge in [0.1, 0.15) is 5.76 Å². The molecule has 6 nitrogen and oxygen atoms in total. The molecule has 0 saturated carbocycles. The number of thioether (sulfide) groups is 1. The van der Waals surface area contributed by atoms with Crippen molar-refractivity contribution in [3.8, 4) is 0 Å². The van der Waals surface area contributed by atoms with Crippen molar-refractivity contribution in [3.05, 3.63) is 47.7 Å². The molecule has 2 rings (SSSR count). The average molecular weight is 292 g/mol. The smallest absolute Gasteiger partial charge is 0.337 e. The first-order valence-electron chi connectivity index (χ1n) is 5.68. The third-order valence-corrected chi connectivity index (χ3v) is 3.04. The van der Waals surface area contributed by atoms with E-state index in [0.717, 1.165) is 0 Å². The van der Waals surface area contributed by atoms with Gasteiger partial charge < -0.3 is 14.8 Å². The molecule has 20 heavy (non-hydrogen) atoms. The minimum absolute atomic E-state index is 0.0238. The molecule has 2 aromatic rings. The lowest BCUT2D eigenvalue weighted by molar-refractivity contribution is 0.0698. The number of carboxylic acids is 1. The Hall–Kier alpha value is -2.28. The summed E-state index contributed by atoms with van der Waals surface area (Å²) < 4.78 is 5.36. The molecule has 1 amide bonds. The summed E-state index contributed by atoms with van der Waals surface area (Å²) in [6.45, 7) is 0. The highest BCUT2D eigenvalue weighted by atomic mass is 32.2. The number of amides is 1. The van der Waals surface area contributed by atoms with Gasteiger partial charge in [-0.25, -0.2) is 4.79 Å². The number of hydrogen-bond donors (Lipinski definition) is 2. The predicted octanol–water partition coefficient (Wildman–Crippen LogP) is 2.49. The molecule has 0 fully saturated rings. The predicted molar refractivity (Wildman–Crippen MR) is 75.1 cm³/mol. The first-order valence-corrected chi connectivity index (χ1v) is 7.07. The van der Waals surface area contributed by atoms with Gasteiger partial charge in [0.25, 0.3) is 5.91 Å². The molecule has 0 aliphatic carbocycles. The number of carboxylic acid groups (broad SMARTS) is 1. The molecule has 2 aromatic heterocycles. The van der Waals surface area contributed by atoms with Crippen molar-refractivity contribution in [2.24, 2.45) is 0 Å². The molecule has 0 atom stereocenters. The first kappa shape index (κ1) is 14.1. The van der Waals surface area contributed by atoms with Crippen molar-refractivity contribution >= 4 is 29.3 Å². The Morgan fingerprint density at radius 1 is 1.40 bits per heavy atom. The Bertz CT molecular complexity index is 639. The van der Waals surface area contributed by atoms with Gasteiger partial charge in [0.15, 0.2) is 5.76 Å². The van der Waals surface area contributed by atoms with Crippen LogP contribution in [0.15, 0.2) is 35.0 Å². The quantitative estimate of drug-likeness (QED) is 0.879. The van der Waals surface area contributed by atoms with E-state index in [1.165, 1.54) is 18.5 Å². The molecule has 0 unspecified atom stereocenters. The molecule has 0 aromatic carbocycles. The van der Waals surface area contributed by atoms with E-state index in [2.05, 4.69) is 10.3 Å². The van der Waals surface area contributed by atoms with E-state index in [1.54, 1.807) is 23.9 Å². The Balaban J connectivity index is 2.17. The van der Waals surface area contributed by atoms with Crippen molar-refractivity contribution in [2.75, 3.05) is 11.6 Å². The lowest BCUT2D eigenvalue weighted by atomic mass is 10.2. The van der Waals surface area contributed by atoms with E-state index in [1.807, 2.05) is 6.26 Å². The van der Waals surface area contributed by atoms with Gasteiger partial charge >= 0.3 is 5.97 Å². The molecule has 0 radical (unpaired) electrons. The minimum atomic E-state index is -1.13. The summed E-state index contributed by atoms with van der Waals surface area (Å²) >= 11 is 1.58. The Morgan fingerprint density at radius 3 is 2.90 bits per heavy atom. The summed E-state index contributed by atoms with van der Waals surface area (Å²) in [5, 5.41) is 11.5. The van der Waals surface area contributed by atoms with Crippen LogP contribution >= 0.6 is 11.8 Å². The summed E-state index contributed by atoms with van der Waals surface area (Å²) in [7, 11) is 0. The third kappa shape index (κ3) is 3.18. The van der Waals surface area contributed by atoms with Crippen molar-refractivity contribution < 1.29 is 19.1 Å². The van der Waals surface area contributed by atoms with E-state index in [9.17, 15) is 9.59 Å². The summed E-state index contributed by atoms with van der Waals surface area (Å²) in [5.74, 6) is -0.153. The standard InChI is InChI=1S/C13H12N2O4S/c1-20-7-8-2-3-11(19-8)12(16)15-10-6-14-5-4-9(10)13(17)18/h2-6H,7H2,1H3,(H,15,16)(H,17,18). The fourth-order valence-corrected chi connectivity index (χ4v) is 2.02. The number of aromatic nitrogens is 1. The van der Waals surface area contributed by atoms with Crippen LogP contribution in [0.2, 0.25) is 0 Å². The molecule has 0 bridgehead atoms. The molecule has 2 heterocycles.